The minimum absolute atomic E-state index is 0.555. The van der Waals surface area contributed by atoms with E-state index in [1.165, 1.54) is 29.8 Å². The Hall–Kier alpha value is -2.05. The number of piperidine rings is 1. The summed E-state index contributed by atoms with van der Waals surface area (Å²) in [5.74, 6) is 2.04. The monoisotopic (exact) mass is 386 g/mol. The number of hydrogen-bond acceptors (Lipinski definition) is 4. The normalized spacial score (nSPS) is 18.4. The highest BCUT2D eigenvalue weighted by atomic mass is 32.1. The average Bonchev–Trinajstić information content (AvgIpc) is 3.20. The number of nitrogens with one attached hydrogen (secondary N) is 1. The van der Waals surface area contributed by atoms with E-state index in [1.54, 1.807) is 7.11 Å². The predicted molar refractivity (Wildman–Crippen MR) is 114 cm³/mol. The van der Waals surface area contributed by atoms with Gasteiger partial charge in [0.15, 0.2) is 5.96 Å². The largest absolute Gasteiger partial charge is 0.497 e. The highest BCUT2D eigenvalue weighted by Gasteiger charge is 2.19. The second-order valence-electron chi connectivity index (χ2n) is 7.07. The van der Waals surface area contributed by atoms with Gasteiger partial charge in [-0.3, -0.25) is 9.89 Å². The Labute approximate surface area is 166 Å². The van der Waals surface area contributed by atoms with E-state index in [9.17, 15) is 0 Å². The van der Waals surface area contributed by atoms with Crippen LogP contribution in [0.3, 0.4) is 0 Å². The fourth-order valence-electron chi connectivity index (χ4n) is 3.48. The lowest BCUT2D eigenvalue weighted by Crippen LogP contribution is -2.37. The molecule has 1 atom stereocenters. The van der Waals surface area contributed by atoms with Gasteiger partial charge >= 0.3 is 0 Å². The Morgan fingerprint density at radius 3 is 2.93 bits per heavy atom. The van der Waals surface area contributed by atoms with Crippen LogP contribution in [0, 0.1) is 5.92 Å². The van der Waals surface area contributed by atoms with Crippen molar-refractivity contribution in [1.82, 2.24) is 10.2 Å². The van der Waals surface area contributed by atoms with Gasteiger partial charge in [-0.2, -0.15) is 0 Å². The van der Waals surface area contributed by atoms with E-state index in [0.29, 0.717) is 11.9 Å². The number of likely N-dealkylation sites (tertiary alicyclic amines) is 1. The number of aliphatic imine (C=N–C) groups is 1. The topological polar surface area (TPSA) is 62.9 Å². The second kappa shape index (κ2) is 10.3. The zero-order chi connectivity index (χ0) is 18.9. The summed E-state index contributed by atoms with van der Waals surface area (Å²) in [6, 6.07) is 12.5. The van der Waals surface area contributed by atoms with Gasteiger partial charge in [0.1, 0.15) is 5.75 Å². The van der Waals surface area contributed by atoms with E-state index in [0.717, 1.165) is 38.3 Å². The maximum atomic E-state index is 6.05. The molecule has 1 aromatic carbocycles. The number of methoxy groups -OCH3 is 1. The Balaban J connectivity index is 1.37. The minimum atomic E-state index is 0.555. The van der Waals surface area contributed by atoms with Crippen molar-refractivity contribution in [3.63, 3.8) is 0 Å². The van der Waals surface area contributed by atoms with Crippen LogP contribution < -0.4 is 15.8 Å². The van der Waals surface area contributed by atoms with Gasteiger partial charge in [0.25, 0.3) is 0 Å². The minimum Gasteiger partial charge on any atom is -0.497 e. The highest BCUT2D eigenvalue weighted by Crippen LogP contribution is 2.20. The number of hydrogen-bond donors (Lipinski definition) is 2. The zero-order valence-electron chi connectivity index (χ0n) is 16.1. The molecule has 0 radical (unpaired) electrons. The number of guanidine groups is 1. The first-order valence-corrected chi connectivity index (χ1v) is 10.5. The molecule has 2 heterocycles. The Morgan fingerprint density at radius 2 is 2.19 bits per heavy atom. The first kappa shape index (κ1) is 19.7. The number of thiophene rings is 1. The molecule has 0 saturated carbocycles. The Morgan fingerprint density at radius 1 is 1.33 bits per heavy atom. The van der Waals surface area contributed by atoms with Crippen molar-refractivity contribution in [2.45, 2.75) is 25.8 Å². The number of nitrogens with two attached hydrogens (primary N) is 1. The van der Waals surface area contributed by atoms with Crippen LogP contribution in [0.5, 0.6) is 5.75 Å². The van der Waals surface area contributed by atoms with Crippen molar-refractivity contribution in [3.05, 3.63) is 52.2 Å². The summed E-state index contributed by atoms with van der Waals surface area (Å²) in [6.07, 6.45) is 3.40. The fourth-order valence-corrected chi connectivity index (χ4v) is 4.22. The van der Waals surface area contributed by atoms with Crippen molar-refractivity contribution in [1.29, 1.82) is 0 Å². The van der Waals surface area contributed by atoms with Gasteiger partial charge in [-0.05, 0) is 60.9 Å². The third-order valence-corrected chi connectivity index (χ3v) is 5.82. The van der Waals surface area contributed by atoms with Crippen LogP contribution in [-0.4, -0.2) is 44.1 Å². The molecule has 3 N–H and O–H groups in total. The molecule has 2 aromatic rings. The quantitative estimate of drug-likeness (QED) is 0.540. The zero-order valence-corrected chi connectivity index (χ0v) is 16.9. The summed E-state index contributed by atoms with van der Waals surface area (Å²) < 4.78 is 5.18. The van der Waals surface area contributed by atoms with Crippen LogP contribution in [0.25, 0.3) is 0 Å². The van der Waals surface area contributed by atoms with Crippen molar-refractivity contribution >= 4 is 17.3 Å². The SMILES string of the molecule is COc1ccc(CCNC(N)=NC[C@H]2CCCN(Cc3cccs3)C2)cc1. The third-order valence-electron chi connectivity index (χ3n) is 4.96. The maximum Gasteiger partial charge on any atom is 0.188 e. The van der Waals surface area contributed by atoms with Crippen molar-refractivity contribution < 1.29 is 4.74 Å². The summed E-state index contributed by atoms with van der Waals surface area (Å²) in [5, 5.41) is 5.38. The van der Waals surface area contributed by atoms with Gasteiger partial charge in [-0.25, -0.2) is 0 Å². The molecule has 0 unspecified atom stereocenters. The van der Waals surface area contributed by atoms with Crippen LogP contribution in [0.15, 0.2) is 46.8 Å². The molecule has 3 rings (SSSR count). The van der Waals surface area contributed by atoms with Gasteiger partial charge < -0.3 is 15.8 Å². The second-order valence-corrected chi connectivity index (χ2v) is 8.11. The third kappa shape index (κ3) is 6.56. The lowest BCUT2D eigenvalue weighted by molar-refractivity contribution is 0.172. The molecule has 6 heteroatoms. The maximum absolute atomic E-state index is 6.05. The van der Waals surface area contributed by atoms with Crippen LogP contribution in [-0.2, 0) is 13.0 Å². The molecular formula is C21H30N4OS. The lowest BCUT2D eigenvalue weighted by atomic mass is 9.98. The summed E-state index contributed by atoms with van der Waals surface area (Å²) in [4.78, 5) is 8.56. The van der Waals surface area contributed by atoms with Crippen molar-refractivity contribution in [2.75, 3.05) is 33.3 Å². The molecule has 0 aliphatic carbocycles. The fraction of sp³-hybridized carbons (Fsp3) is 0.476. The molecule has 5 nitrogen and oxygen atoms in total. The van der Waals surface area contributed by atoms with Gasteiger partial charge in [0.05, 0.1) is 7.11 Å². The van der Waals surface area contributed by atoms with E-state index >= 15 is 0 Å². The molecular weight excluding hydrogens is 356 g/mol. The molecule has 0 amide bonds. The van der Waals surface area contributed by atoms with Crippen molar-refractivity contribution in [3.8, 4) is 5.75 Å². The summed E-state index contributed by atoms with van der Waals surface area (Å²) in [7, 11) is 1.68. The van der Waals surface area contributed by atoms with Crippen molar-refractivity contribution in [2.24, 2.45) is 16.6 Å². The summed E-state index contributed by atoms with van der Waals surface area (Å²) >= 11 is 1.84. The smallest absolute Gasteiger partial charge is 0.188 e. The number of rotatable bonds is 8. The number of nitrogens with zero attached hydrogens (tertiary/aromatic N) is 2. The molecule has 1 fully saturated rings. The van der Waals surface area contributed by atoms with Crippen LogP contribution in [0.1, 0.15) is 23.3 Å². The van der Waals surface area contributed by atoms with Gasteiger partial charge in [-0.15, -0.1) is 11.3 Å². The molecule has 146 valence electrons. The summed E-state index contributed by atoms with van der Waals surface area (Å²) in [6.45, 7) is 4.96. The van der Waals surface area contributed by atoms with E-state index in [4.69, 9.17) is 10.5 Å². The standard InChI is InChI=1S/C21H30N4OS/c1-26-19-8-6-17(7-9-19)10-11-23-21(22)24-14-18-4-2-12-25(15-18)16-20-5-3-13-27-20/h3,5-9,13,18H,2,4,10-12,14-16H2,1H3,(H3,22,23,24)/t18-/m1/s1. The van der Waals surface area contributed by atoms with E-state index in [-0.39, 0.29) is 0 Å². The summed E-state index contributed by atoms with van der Waals surface area (Å²) in [5.41, 5.74) is 7.31. The Bertz CT molecular complexity index is 699. The lowest BCUT2D eigenvalue weighted by Gasteiger charge is -2.31. The average molecular weight is 387 g/mol. The van der Waals surface area contributed by atoms with Gasteiger partial charge in [0.2, 0.25) is 0 Å². The number of benzene rings is 1. The molecule has 0 bridgehead atoms. The van der Waals surface area contributed by atoms with E-state index in [1.807, 2.05) is 23.5 Å². The molecule has 1 aromatic heterocycles. The van der Waals surface area contributed by atoms with Crippen LogP contribution >= 0.6 is 11.3 Å². The molecule has 1 aliphatic rings. The molecule has 0 spiro atoms. The molecule has 27 heavy (non-hydrogen) atoms. The van der Waals surface area contributed by atoms with Crippen LogP contribution in [0.4, 0.5) is 0 Å². The van der Waals surface area contributed by atoms with Gasteiger partial charge in [-0.1, -0.05) is 18.2 Å². The van der Waals surface area contributed by atoms with Gasteiger partial charge in [0, 0.05) is 31.1 Å². The Kier molecular flexibility index (Phi) is 7.54. The first-order chi connectivity index (χ1) is 13.2. The van der Waals surface area contributed by atoms with E-state index < -0.39 is 0 Å². The molecule has 1 aliphatic heterocycles. The van der Waals surface area contributed by atoms with E-state index in [2.05, 4.69) is 44.9 Å². The predicted octanol–water partition coefficient (Wildman–Crippen LogP) is 3.12. The van der Waals surface area contributed by atoms with Crippen LogP contribution in [0.2, 0.25) is 0 Å². The molecule has 1 saturated heterocycles. The first-order valence-electron chi connectivity index (χ1n) is 9.64. The number of ether oxygens (including phenoxy) is 1. The highest BCUT2D eigenvalue weighted by molar-refractivity contribution is 7.09.